The second-order valence-electron chi connectivity index (χ2n) is 4.48. The van der Waals surface area contributed by atoms with Gasteiger partial charge in [-0.05, 0) is 25.2 Å². The minimum atomic E-state index is -0.667. The van der Waals surface area contributed by atoms with Crippen LogP contribution in [0, 0.1) is 5.92 Å². The zero-order chi connectivity index (χ0) is 12.4. The standard InChI is InChI=1S/C13H27NO2/c1-4-7-8-12(5-2)9-14-13(6-3,10-15)11-16/h9,12,15-16H,4-8,10-11H2,1-3H3. The van der Waals surface area contributed by atoms with Crippen molar-refractivity contribution >= 4 is 6.21 Å². The van der Waals surface area contributed by atoms with Crippen molar-refractivity contribution in [3.8, 4) is 0 Å². The highest BCUT2D eigenvalue weighted by Gasteiger charge is 2.24. The van der Waals surface area contributed by atoms with E-state index in [1.54, 1.807) is 0 Å². The zero-order valence-corrected chi connectivity index (χ0v) is 10.9. The first kappa shape index (κ1) is 15.6. The maximum atomic E-state index is 9.26. The average molecular weight is 229 g/mol. The number of rotatable bonds is 9. The number of aliphatic hydroxyl groups is 2. The van der Waals surface area contributed by atoms with Crippen LogP contribution < -0.4 is 0 Å². The van der Waals surface area contributed by atoms with Crippen molar-refractivity contribution in [1.29, 1.82) is 0 Å². The third kappa shape index (κ3) is 5.08. The van der Waals surface area contributed by atoms with Gasteiger partial charge >= 0.3 is 0 Å². The van der Waals surface area contributed by atoms with Crippen LogP contribution in [0.3, 0.4) is 0 Å². The fourth-order valence-electron chi connectivity index (χ4n) is 1.56. The Balaban J connectivity index is 4.38. The van der Waals surface area contributed by atoms with E-state index in [0.717, 1.165) is 12.8 Å². The highest BCUT2D eigenvalue weighted by Crippen LogP contribution is 2.17. The van der Waals surface area contributed by atoms with Crippen molar-refractivity contribution in [3.63, 3.8) is 0 Å². The Morgan fingerprint density at radius 2 is 1.81 bits per heavy atom. The molecule has 0 fully saturated rings. The molecular weight excluding hydrogens is 202 g/mol. The molecule has 0 spiro atoms. The Morgan fingerprint density at radius 3 is 2.19 bits per heavy atom. The lowest BCUT2D eigenvalue weighted by molar-refractivity contribution is 0.120. The first-order valence-corrected chi connectivity index (χ1v) is 6.45. The lowest BCUT2D eigenvalue weighted by atomic mass is 9.97. The first-order valence-electron chi connectivity index (χ1n) is 6.45. The van der Waals surface area contributed by atoms with Gasteiger partial charge in [-0.2, -0.15) is 0 Å². The number of nitrogens with zero attached hydrogens (tertiary/aromatic N) is 1. The summed E-state index contributed by atoms with van der Waals surface area (Å²) in [6, 6.07) is 0. The molecule has 16 heavy (non-hydrogen) atoms. The molecule has 0 aromatic heterocycles. The summed E-state index contributed by atoms with van der Waals surface area (Å²) in [5.74, 6) is 0.476. The monoisotopic (exact) mass is 229 g/mol. The predicted octanol–water partition coefficient (Wildman–Crippen LogP) is 2.41. The fourth-order valence-corrected chi connectivity index (χ4v) is 1.56. The average Bonchev–Trinajstić information content (AvgIpc) is 2.35. The smallest absolute Gasteiger partial charge is 0.106 e. The van der Waals surface area contributed by atoms with Gasteiger partial charge in [-0.15, -0.1) is 0 Å². The SMILES string of the molecule is CCCCC(C=NC(CC)(CO)CO)CC. The van der Waals surface area contributed by atoms with Crippen LogP contribution in [0.15, 0.2) is 4.99 Å². The van der Waals surface area contributed by atoms with Crippen molar-refractivity contribution in [1.82, 2.24) is 0 Å². The summed E-state index contributed by atoms with van der Waals surface area (Å²) >= 11 is 0. The zero-order valence-electron chi connectivity index (χ0n) is 10.9. The molecule has 0 aliphatic rings. The third-order valence-electron chi connectivity index (χ3n) is 3.26. The van der Waals surface area contributed by atoms with Gasteiger partial charge in [0.1, 0.15) is 5.54 Å². The maximum absolute atomic E-state index is 9.26. The first-order chi connectivity index (χ1) is 7.67. The Bertz CT molecular complexity index is 180. The Morgan fingerprint density at radius 1 is 1.19 bits per heavy atom. The second kappa shape index (κ2) is 8.71. The fraction of sp³-hybridized carbons (Fsp3) is 0.923. The lowest BCUT2D eigenvalue weighted by Crippen LogP contribution is -2.35. The second-order valence-corrected chi connectivity index (χ2v) is 4.48. The molecule has 0 aromatic rings. The molecular formula is C13H27NO2. The number of hydrogen-bond acceptors (Lipinski definition) is 3. The van der Waals surface area contributed by atoms with Gasteiger partial charge in [0.05, 0.1) is 13.2 Å². The summed E-state index contributed by atoms with van der Waals surface area (Å²) in [6.45, 7) is 6.11. The molecule has 3 heteroatoms. The van der Waals surface area contributed by atoms with E-state index in [-0.39, 0.29) is 13.2 Å². The molecule has 0 aliphatic carbocycles. The van der Waals surface area contributed by atoms with E-state index in [4.69, 9.17) is 0 Å². The molecule has 0 aliphatic heterocycles. The highest BCUT2D eigenvalue weighted by atomic mass is 16.3. The molecule has 3 nitrogen and oxygen atoms in total. The number of hydrogen-bond donors (Lipinski definition) is 2. The summed E-state index contributed by atoms with van der Waals surface area (Å²) in [4.78, 5) is 4.41. The van der Waals surface area contributed by atoms with Crippen molar-refractivity contribution in [2.45, 2.75) is 58.4 Å². The van der Waals surface area contributed by atoms with E-state index in [2.05, 4.69) is 18.8 Å². The molecule has 0 rings (SSSR count). The van der Waals surface area contributed by atoms with Crippen LogP contribution in [0.25, 0.3) is 0 Å². The van der Waals surface area contributed by atoms with Gasteiger partial charge in [-0.3, -0.25) is 4.99 Å². The van der Waals surface area contributed by atoms with Gasteiger partial charge in [0.2, 0.25) is 0 Å². The van der Waals surface area contributed by atoms with Gasteiger partial charge in [0.25, 0.3) is 0 Å². The Labute approximate surface area is 99.6 Å². The van der Waals surface area contributed by atoms with Crippen molar-refractivity contribution in [3.05, 3.63) is 0 Å². The van der Waals surface area contributed by atoms with Crippen molar-refractivity contribution in [2.24, 2.45) is 10.9 Å². The van der Waals surface area contributed by atoms with Gasteiger partial charge in [-0.1, -0.05) is 33.6 Å². The summed E-state index contributed by atoms with van der Waals surface area (Å²) in [7, 11) is 0. The molecule has 0 heterocycles. The molecule has 2 N–H and O–H groups in total. The minimum absolute atomic E-state index is 0.0826. The van der Waals surface area contributed by atoms with E-state index in [1.807, 2.05) is 13.1 Å². The molecule has 0 bridgehead atoms. The molecule has 0 amide bonds. The molecule has 0 saturated heterocycles. The number of aliphatic imine (C=N–C) groups is 1. The van der Waals surface area contributed by atoms with Crippen LogP contribution in [0.5, 0.6) is 0 Å². The molecule has 1 atom stereocenters. The van der Waals surface area contributed by atoms with Gasteiger partial charge < -0.3 is 10.2 Å². The van der Waals surface area contributed by atoms with Crippen LogP contribution in [-0.2, 0) is 0 Å². The Kier molecular flexibility index (Phi) is 8.49. The maximum Gasteiger partial charge on any atom is 0.106 e. The summed E-state index contributed by atoms with van der Waals surface area (Å²) < 4.78 is 0. The number of unbranched alkanes of at least 4 members (excludes halogenated alkanes) is 1. The predicted molar refractivity (Wildman–Crippen MR) is 69.0 cm³/mol. The Hall–Kier alpha value is -0.410. The van der Waals surface area contributed by atoms with Crippen LogP contribution in [0.2, 0.25) is 0 Å². The molecule has 0 aromatic carbocycles. The largest absolute Gasteiger partial charge is 0.394 e. The molecule has 96 valence electrons. The van der Waals surface area contributed by atoms with Crippen LogP contribution >= 0.6 is 0 Å². The van der Waals surface area contributed by atoms with E-state index < -0.39 is 5.54 Å². The third-order valence-corrected chi connectivity index (χ3v) is 3.26. The summed E-state index contributed by atoms with van der Waals surface area (Å²) in [5, 5.41) is 18.5. The van der Waals surface area contributed by atoms with Crippen LogP contribution in [-0.4, -0.2) is 35.2 Å². The van der Waals surface area contributed by atoms with Crippen molar-refractivity contribution in [2.75, 3.05) is 13.2 Å². The molecule has 1 unspecified atom stereocenters. The highest BCUT2D eigenvalue weighted by molar-refractivity contribution is 5.61. The summed E-state index contributed by atoms with van der Waals surface area (Å²) in [5.41, 5.74) is -0.667. The van der Waals surface area contributed by atoms with E-state index in [0.29, 0.717) is 12.3 Å². The molecule has 0 radical (unpaired) electrons. The quantitative estimate of drug-likeness (QED) is 0.597. The van der Waals surface area contributed by atoms with Gasteiger partial charge in [0.15, 0.2) is 0 Å². The van der Waals surface area contributed by atoms with Crippen LogP contribution in [0.1, 0.15) is 52.9 Å². The van der Waals surface area contributed by atoms with E-state index >= 15 is 0 Å². The van der Waals surface area contributed by atoms with Crippen LogP contribution in [0.4, 0.5) is 0 Å². The van der Waals surface area contributed by atoms with Crippen molar-refractivity contribution < 1.29 is 10.2 Å². The van der Waals surface area contributed by atoms with E-state index in [1.165, 1.54) is 12.8 Å². The molecule has 0 saturated carbocycles. The topological polar surface area (TPSA) is 52.8 Å². The van der Waals surface area contributed by atoms with E-state index in [9.17, 15) is 10.2 Å². The summed E-state index contributed by atoms with van der Waals surface area (Å²) in [6.07, 6.45) is 7.23. The minimum Gasteiger partial charge on any atom is -0.394 e. The van der Waals surface area contributed by atoms with Gasteiger partial charge in [-0.25, -0.2) is 0 Å². The van der Waals surface area contributed by atoms with Gasteiger partial charge in [0, 0.05) is 6.21 Å². The number of aliphatic hydroxyl groups excluding tert-OH is 2. The lowest BCUT2D eigenvalue weighted by Gasteiger charge is -2.24. The normalized spacial score (nSPS) is 14.6.